The van der Waals surface area contributed by atoms with Crippen LogP contribution >= 0.6 is 11.6 Å². The molecule has 2 aromatic carbocycles. The lowest BCUT2D eigenvalue weighted by molar-refractivity contribution is 0.449. The van der Waals surface area contributed by atoms with Gasteiger partial charge in [-0.3, -0.25) is 0 Å². The first-order chi connectivity index (χ1) is 12.1. The number of furan rings is 1. The van der Waals surface area contributed by atoms with Gasteiger partial charge in [-0.25, -0.2) is 0 Å². The normalized spacial score (nSPS) is 12.3. The second kappa shape index (κ2) is 8.37. The lowest BCUT2D eigenvalue weighted by Gasteiger charge is -2.12. The Morgan fingerprint density at radius 1 is 1.04 bits per heavy atom. The number of benzene rings is 2. The van der Waals surface area contributed by atoms with Gasteiger partial charge >= 0.3 is 0 Å². The molecule has 0 aliphatic carbocycles. The van der Waals surface area contributed by atoms with Gasteiger partial charge in [-0.1, -0.05) is 54.1 Å². The van der Waals surface area contributed by atoms with Gasteiger partial charge < -0.3 is 9.73 Å². The molecule has 3 heteroatoms. The van der Waals surface area contributed by atoms with Crippen LogP contribution in [-0.2, 0) is 13.0 Å². The molecule has 0 aliphatic heterocycles. The SMILES string of the molecule is Cc1ccc(-c2ccc(CN[C@@H](C)CCc3ccccc3)o2)cc1Cl. The van der Waals surface area contributed by atoms with Crippen molar-refractivity contribution in [2.45, 2.75) is 39.3 Å². The maximum Gasteiger partial charge on any atom is 0.134 e. The molecule has 0 unspecified atom stereocenters. The molecular weight excluding hydrogens is 330 g/mol. The summed E-state index contributed by atoms with van der Waals surface area (Å²) in [6.45, 7) is 4.95. The summed E-state index contributed by atoms with van der Waals surface area (Å²) in [6.07, 6.45) is 2.19. The molecule has 130 valence electrons. The molecule has 2 nitrogen and oxygen atoms in total. The van der Waals surface area contributed by atoms with Crippen LogP contribution in [0.1, 0.15) is 30.2 Å². The van der Waals surface area contributed by atoms with E-state index < -0.39 is 0 Å². The average Bonchev–Trinajstić information content (AvgIpc) is 3.10. The summed E-state index contributed by atoms with van der Waals surface area (Å²) in [5.41, 5.74) is 3.47. The van der Waals surface area contributed by atoms with Crippen LogP contribution in [0.15, 0.2) is 65.1 Å². The Balaban J connectivity index is 1.52. The van der Waals surface area contributed by atoms with Crippen molar-refractivity contribution in [1.29, 1.82) is 0 Å². The minimum absolute atomic E-state index is 0.433. The molecule has 0 fully saturated rings. The van der Waals surface area contributed by atoms with E-state index in [4.69, 9.17) is 16.0 Å². The Morgan fingerprint density at radius 3 is 2.60 bits per heavy atom. The number of aryl methyl sites for hydroxylation is 2. The molecule has 1 aromatic heterocycles. The van der Waals surface area contributed by atoms with E-state index in [-0.39, 0.29) is 0 Å². The lowest BCUT2D eigenvalue weighted by Crippen LogP contribution is -2.25. The zero-order valence-corrected chi connectivity index (χ0v) is 15.5. The molecule has 3 aromatic rings. The number of hydrogen-bond donors (Lipinski definition) is 1. The summed E-state index contributed by atoms with van der Waals surface area (Å²) in [7, 11) is 0. The first-order valence-corrected chi connectivity index (χ1v) is 9.12. The third kappa shape index (κ3) is 4.97. The van der Waals surface area contributed by atoms with Gasteiger partial charge in [-0.05, 0) is 56.0 Å². The Bertz CT molecular complexity index is 810. The molecule has 0 saturated heterocycles. The van der Waals surface area contributed by atoms with Gasteiger partial charge in [-0.2, -0.15) is 0 Å². The number of halogens is 1. The van der Waals surface area contributed by atoms with Crippen LogP contribution in [0, 0.1) is 6.92 Å². The molecule has 25 heavy (non-hydrogen) atoms. The second-order valence-corrected chi connectivity index (χ2v) is 6.94. The summed E-state index contributed by atoms with van der Waals surface area (Å²) in [4.78, 5) is 0. The Kier molecular flexibility index (Phi) is 5.95. The first-order valence-electron chi connectivity index (χ1n) is 8.74. The maximum absolute atomic E-state index is 6.20. The van der Waals surface area contributed by atoms with Crippen molar-refractivity contribution in [1.82, 2.24) is 5.32 Å². The third-order valence-electron chi connectivity index (χ3n) is 4.45. The van der Waals surface area contributed by atoms with Crippen molar-refractivity contribution in [3.8, 4) is 11.3 Å². The number of hydrogen-bond acceptors (Lipinski definition) is 2. The Hall–Kier alpha value is -2.03. The van der Waals surface area contributed by atoms with E-state index >= 15 is 0 Å². The van der Waals surface area contributed by atoms with E-state index in [0.717, 1.165) is 47.1 Å². The monoisotopic (exact) mass is 353 g/mol. The van der Waals surface area contributed by atoms with Crippen molar-refractivity contribution in [3.63, 3.8) is 0 Å². The summed E-state index contributed by atoms with van der Waals surface area (Å²) in [5.74, 6) is 1.80. The molecule has 0 saturated carbocycles. The summed E-state index contributed by atoms with van der Waals surface area (Å²) >= 11 is 6.20. The van der Waals surface area contributed by atoms with Crippen molar-refractivity contribution < 1.29 is 4.42 Å². The molecule has 0 aliphatic rings. The smallest absolute Gasteiger partial charge is 0.134 e. The molecule has 0 amide bonds. The van der Waals surface area contributed by atoms with Gasteiger partial charge in [-0.15, -0.1) is 0 Å². The van der Waals surface area contributed by atoms with Crippen molar-refractivity contribution in [3.05, 3.63) is 82.6 Å². The molecular formula is C22H24ClNO. The summed E-state index contributed by atoms with van der Waals surface area (Å²) in [5, 5.41) is 4.30. The standard InChI is InChI=1S/C22H24ClNO/c1-16-8-11-19(14-21(16)23)22-13-12-20(25-22)15-24-17(2)9-10-18-6-4-3-5-7-18/h3-8,11-14,17,24H,9-10,15H2,1-2H3/t17-/m0/s1. The molecule has 1 heterocycles. The highest BCUT2D eigenvalue weighted by Crippen LogP contribution is 2.26. The fourth-order valence-electron chi connectivity index (χ4n) is 2.78. The minimum Gasteiger partial charge on any atom is -0.460 e. The molecule has 0 spiro atoms. The predicted octanol–water partition coefficient (Wildman–Crippen LogP) is 6.02. The third-order valence-corrected chi connectivity index (χ3v) is 4.86. The van der Waals surface area contributed by atoms with Gasteiger partial charge in [0, 0.05) is 16.6 Å². The fraction of sp³-hybridized carbons (Fsp3) is 0.273. The number of rotatable bonds is 7. The molecule has 0 bridgehead atoms. The molecule has 1 N–H and O–H groups in total. The largest absolute Gasteiger partial charge is 0.460 e. The van der Waals surface area contributed by atoms with Crippen LogP contribution in [0.5, 0.6) is 0 Å². The van der Waals surface area contributed by atoms with Crippen LogP contribution in [-0.4, -0.2) is 6.04 Å². The highest BCUT2D eigenvalue weighted by Gasteiger charge is 2.08. The topological polar surface area (TPSA) is 25.2 Å². The predicted molar refractivity (Wildman–Crippen MR) is 105 cm³/mol. The van der Waals surface area contributed by atoms with Crippen LogP contribution in [0.4, 0.5) is 0 Å². The van der Waals surface area contributed by atoms with E-state index in [1.807, 2.05) is 37.3 Å². The highest BCUT2D eigenvalue weighted by molar-refractivity contribution is 6.31. The second-order valence-electron chi connectivity index (χ2n) is 6.54. The molecule has 0 radical (unpaired) electrons. The van der Waals surface area contributed by atoms with Crippen LogP contribution in [0.25, 0.3) is 11.3 Å². The van der Waals surface area contributed by atoms with Crippen molar-refractivity contribution in [2.75, 3.05) is 0 Å². The lowest BCUT2D eigenvalue weighted by atomic mass is 10.1. The van der Waals surface area contributed by atoms with Gasteiger partial charge in [0.2, 0.25) is 0 Å². The van der Waals surface area contributed by atoms with E-state index in [2.05, 4.69) is 42.6 Å². The van der Waals surface area contributed by atoms with E-state index in [9.17, 15) is 0 Å². The molecule has 3 rings (SSSR count). The van der Waals surface area contributed by atoms with Gasteiger partial charge in [0.15, 0.2) is 0 Å². The minimum atomic E-state index is 0.433. The van der Waals surface area contributed by atoms with E-state index in [1.165, 1.54) is 5.56 Å². The van der Waals surface area contributed by atoms with Crippen molar-refractivity contribution in [2.24, 2.45) is 0 Å². The molecule has 1 atom stereocenters. The van der Waals surface area contributed by atoms with Gasteiger partial charge in [0.05, 0.1) is 6.54 Å². The Morgan fingerprint density at radius 2 is 1.84 bits per heavy atom. The van der Waals surface area contributed by atoms with Crippen LogP contribution in [0.3, 0.4) is 0 Å². The highest BCUT2D eigenvalue weighted by atomic mass is 35.5. The van der Waals surface area contributed by atoms with E-state index in [0.29, 0.717) is 6.04 Å². The quantitative estimate of drug-likeness (QED) is 0.561. The average molecular weight is 354 g/mol. The van der Waals surface area contributed by atoms with Crippen molar-refractivity contribution >= 4 is 11.6 Å². The number of nitrogens with one attached hydrogen (secondary N) is 1. The van der Waals surface area contributed by atoms with Crippen LogP contribution < -0.4 is 5.32 Å². The summed E-state index contributed by atoms with van der Waals surface area (Å²) in [6, 6.07) is 21.1. The van der Waals surface area contributed by atoms with Gasteiger partial charge in [0.25, 0.3) is 0 Å². The first kappa shape index (κ1) is 17.8. The summed E-state index contributed by atoms with van der Waals surface area (Å²) < 4.78 is 5.96. The van der Waals surface area contributed by atoms with Gasteiger partial charge in [0.1, 0.15) is 11.5 Å². The van der Waals surface area contributed by atoms with E-state index in [1.54, 1.807) is 0 Å². The maximum atomic E-state index is 6.20. The van der Waals surface area contributed by atoms with Crippen LogP contribution in [0.2, 0.25) is 5.02 Å². The Labute approximate surface area is 154 Å². The zero-order valence-electron chi connectivity index (χ0n) is 14.8. The fourth-order valence-corrected chi connectivity index (χ4v) is 2.96. The zero-order chi connectivity index (χ0) is 17.6.